The predicted octanol–water partition coefficient (Wildman–Crippen LogP) is 4.84. The molecule has 0 aliphatic carbocycles. The molecule has 0 saturated heterocycles. The van der Waals surface area contributed by atoms with E-state index in [9.17, 15) is 0 Å². The van der Waals surface area contributed by atoms with Crippen LogP contribution in [0.15, 0.2) is 42.5 Å². The summed E-state index contributed by atoms with van der Waals surface area (Å²) in [7, 11) is 0. The first-order valence-electron chi connectivity index (χ1n) is 5.89. The Kier molecular flexibility index (Phi) is 3.78. The fourth-order valence-corrected chi connectivity index (χ4v) is 1.82. The number of ether oxygens (including phenoxy) is 1. The summed E-state index contributed by atoms with van der Waals surface area (Å²) in [5.41, 5.74) is 7.66. The molecule has 0 fully saturated rings. The van der Waals surface area contributed by atoms with Crippen LogP contribution in [0.4, 0.5) is 5.69 Å². The molecular weight excluding hydrogens is 246 g/mol. The first-order chi connectivity index (χ1) is 8.56. The second-order valence-electron chi connectivity index (χ2n) is 4.51. The molecule has 0 amide bonds. The Morgan fingerprint density at radius 3 is 2.61 bits per heavy atom. The third-order valence-electron chi connectivity index (χ3n) is 2.73. The topological polar surface area (TPSA) is 35.2 Å². The van der Waals surface area contributed by atoms with E-state index in [1.54, 1.807) is 18.2 Å². The third kappa shape index (κ3) is 2.96. The molecule has 0 aliphatic rings. The summed E-state index contributed by atoms with van der Waals surface area (Å²) in [5, 5.41) is 0.610. The van der Waals surface area contributed by atoms with E-state index in [1.807, 2.05) is 18.2 Å². The number of halogens is 1. The van der Waals surface area contributed by atoms with Gasteiger partial charge in [0.05, 0.1) is 5.69 Å². The molecule has 0 heterocycles. The van der Waals surface area contributed by atoms with E-state index >= 15 is 0 Å². The second-order valence-corrected chi connectivity index (χ2v) is 4.95. The van der Waals surface area contributed by atoms with Crippen LogP contribution in [0, 0.1) is 0 Å². The van der Waals surface area contributed by atoms with Gasteiger partial charge in [0, 0.05) is 11.1 Å². The molecule has 94 valence electrons. The van der Waals surface area contributed by atoms with Gasteiger partial charge in [-0.3, -0.25) is 0 Å². The van der Waals surface area contributed by atoms with Crippen LogP contribution in [0.3, 0.4) is 0 Å². The Balaban J connectivity index is 2.28. The lowest BCUT2D eigenvalue weighted by atomic mass is 10.0. The summed E-state index contributed by atoms with van der Waals surface area (Å²) < 4.78 is 5.77. The highest BCUT2D eigenvalue weighted by atomic mass is 35.5. The van der Waals surface area contributed by atoms with Gasteiger partial charge in [0.15, 0.2) is 5.75 Å². The fraction of sp³-hybridized carbons (Fsp3) is 0.200. The SMILES string of the molecule is CC(C)c1cccc(Oc2cc(Cl)ccc2N)c1. The molecule has 3 heteroatoms. The lowest BCUT2D eigenvalue weighted by Crippen LogP contribution is -1.93. The maximum Gasteiger partial charge on any atom is 0.151 e. The molecule has 0 bridgehead atoms. The van der Waals surface area contributed by atoms with Crippen molar-refractivity contribution < 1.29 is 4.74 Å². The normalized spacial score (nSPS) is 10.7. The molecule has 0 radical (unpaired) electrons. The van der Waals surface area contributed by atoms with Crippen LogP contribution in [0.2, 0.25) is 5.02 Å². The van der Waals surface area contributed by atoms with Gasteiger partial charge in [-0.1, -0.05) is 37.6 Å². The maximum atomic E-state index is 5.93. The molecule has 2 aromatic carbocycles. The number of benzene rings is 2. The van der Waals surface area contributed by atoms with Crippen LogP contribution < -0.4 is 10.5 Å². The van der Waals surface area contributed by atoms with Gasteiger partial charge in [-0.15, -0.1) is 0 Å². The van der Waals surface area contributed by atoms with Crippen molar-refractivity contribution in [1.82, 2.24) is 0 Å². The Labute approximate surface area is 112 Å². The monoisotopic (exact) mass is 261 g/mol. The summed E-state index contributed by atoms with van der Waals surface area (Å²) in [6.07, 6.45) is 0. The number of hydrogen-bond donors (Lipinski definition) is 1. The summed E-state index contributed by atoms with van der Waals surface area (Å²) >= 11 is 5.93. The Hall–Kier alpha value is -1.67. The van der Waals surface area contributed by atoms with Crippen LogP contribution in [0.5, 0.6) is 11.5 Å². The Bertz CT molecular complexity index is 552. The highest BCUT2D eigenvalue weighted by Crippen LogP contribution is 2.31. The van der Waals surface area contributed by atoms with E-state index in [2.05, 4.69) is 19.9 Å². The second kappa shape index (κ2) is 5.32. The molecule has 0 spiro atoms. The minimum absolute atomic E-state index is 0.463. The van der Waals surface area contributed by atoms with Gasteiger partial charge in [0.25, 0.3) is 0 Å². The summed E-state index contributed by atoms with van der Waals surface area (Å²) in [6, 6.07) is 13.2. The number of nitrogen functional groups attached to an aromatic ring is 1. The van der Waals surface area contributed by atoms with Crippen LogP contribution in [-0.4, -0.2) is 0 Å². The van der Waals surface area contributed by atoms with Crippen molar-refractivity contribution in [1.29, 1.82) is 0 Å². The summed E-state index contributed by atoms with van der Waals surface area (Å²) in [4.78, 5) is 0. The van der Waals surface area contributed by atoms with Crippen LogP contribution in [-0.2, 0) is 0 Å². The summed E-state index contributed by atoms with van der Waals surface area (Å²) in [5.74, 6) is 1.82. The smallest absolute Gasteiger partial charge is 0.151 e. The highest BCUT2D eigenvalue weighted by Gasteiger charge is 2.05. The van der Waals surface area contributed by atoms with Crippen molar-refractivity contribution in [3.63, 3.8) is 0 Å². The lowest BCUT2D eigenvalue weighted by Gasteiger charge is -2.11. The number of rotatable bonds is 3. The van der Waals surface area contributed by atoms with E-state index in [0.29, 0.717) is 22.4 Å². The van der Waals surface area contributed by atoms with E-state index < -0.39 is 0 Å². The minimum atomic E-state index is 0.463. The first kappa shape index (κ1) is 12.8. The van der Waals surface area contributed by atoms with E-state index in [4.69, 9.17) is 22.1 Å². The third-order valence-corrected chi connectivity index (χ3v) is 2.96. The molecule has 2 aromatic rings. The number of anilines is 1. The largest absolute Gasteiger partial charge is 0.455 e. The number of nitrogens with two attached hydrogens (primary N) is 1. The molecule has 2 rings (SSSR count). The Morgan fingerprint density at radius 2 is 1.89 bits per heavy atom. The Morgan fingerprint density at radius 1 is 1.11 bits per heavy atom. The number of hydrogen-bond acceptors (Lipinski definition) is 2. The molecular formula is C15H16ClNO. The van der Waals surface area contributed by atoms with Gasteiger partial charge in [0.2, 0.25) is 0 Å². The van der Waals surface area contributed by atoms with Crippen molar-refractivity contribution in [3.05, 3.63) is 53.1 Å². The van der Waals surface area contributed by atoms with E-state index in [-0.39, 0.29) is 0 Å². The molecule has 0 unspecified atom stereocenters. The molecule has 2 nitrogen and oxygen atoms in total. The van der Waals surface area contributed by atoms with Gasteiger partial charge in [-0.05, 0) is 35.7 Å². The van der Waals surface area contributed by atoms with Gasteiger partial charge in [0.1, 0.15) is 5.75 Å². The molecule has 0 aromatic heterocycles. The zero-order valence-electron chi connectivity index (χ0n) is 10.5. The van der Waals surface area contributed by atoms with Crippen LogP contribution in [0.1, 0.15) is 25.3 Å². The van der Waals surface area contributed by atoms with Crippen LogP contribution >= 0.6 is 11.6 Å². The molecule has 2 N–H and O–H groups in total. The lowest BCUT2D eigenvalue weighted by molar-refractivity contribution is 0.484. The van der Waals surface area contributed by atoms with Crippen molar-refractivity contribution in [2.45, 2.75) is 19.8 Å². The molecule has 0 aliphatic heterocycles. The van der Waals surface area contributed by atoms with Gasteiger partial charge >= 0.3 is 0 Å². The summed E-state index contributed by atoms with van der Waals surface area (Å²) in [6.45, 7) is 4.29. The predicted molar refractivity (Wildman–Crippen MR) is 76.5 cm³/mol. The van der Waals surface area contributed by atoms with Gasteiger partial charge < -0.3 is 10.5 Å². The van der Waals surface area contributed by atoms with Gasteiger partial charge in [-0.2, -0.15) is 0 Å². The molecule has 0 saturated carbocycles. The molecule has 18 heavy (non-hydrogen) atoms. The van der Waals surface area contributed by atoms with Crippen molar-refractivity contribution in [2.75, 3.05) is 5.73 Å². The quantitative estimate of drug-likeness (QED) is 0.803. The fourth-order valence-electron chi connectivity index (χ4n) is 1.66. The highest BCUT2D eigenvalue weighted by molar-refractivity contribution is 6.30. The molecule has 0 atom stereocenters. The zero-order chi connectivity index (χ0) is 13.1. The standard InChI is InChI=1S/C15H16ClNO/c1-10(2)11-4-3-5-13(8-11)18-15-9-12(16)6-7-14(15)17/h3-10H,17H2,1-2H3. The average molecular weight is 262 g/mol. The van der Waals surface area contributed by atoms with E-state index in [1.165, 1.54) is 5.56 Å². The van der Waals surface area contributed by atoms with Gasteiger partial charge in [-0.25, -0.2) is 0 Å². The van der Waals surface area contributed by atoms with Crippen molar-refractivity contribution in [2.24, 2.45) is 0 Å². The van der Waals surface area contributed by atoms with E-state index in [0.717, 1.165) is 5.75 Å². The van der Waals surface area contributed by atoms with Crippen LogP contribution in [0.25, 0.3) is 0 Å². The zero-order valence-corrected chi connectivity index (χ0v) is 11.2. The first-order valence-corrected chi connectivity index (χ1v) is 6.27. The van der Waals surface area contributed by atoms with Crippen molar-refractivity contribution >= 4 is 17.3 Å². The van der Waals surface area contributed by atoms with Crippen molar-refractivity contribution in [3.8, 4) is 11.5 Å². The maximum absolute atomic E-state index is 5.93. The minimum Gasteiger partial charge on any atom is -0.455 e. The average Bonchev–Trinajstić information content (AvgIpc) is 2.34.